The van der Waals surface area contributed by atoms with Crippen LogP contribution in [0.25, 0.3) is 0 Å². The van der Waals surface area contributed by atoms with E-state index in [9.17, 15) is 9.59 Å². The molecule has 1 saturated heterocycles. The number of carbonyl (C=O) groups excluding carboxylic acids is 2. The fraction of sp³-hybridized carbons (Fsp3) is 0.684. The molecule has 1 heterocycles. The fourth-order valence-corrected chi connectivity index (χ4v) is 4.02. The van der Waals surface area contributed by atoms with E-state index >= 15 is 0 Å². The number of methoxy groups -OCH3 is 1. The van der Waals surface area contributed by atoms with Crippen LogP contribution in [0.3, 0.4) is 0 Å². The summed E-state index contributed by atoms with van der Waals surface area (Å²) in [6, 6.07) is -1.01. The summed E-state index contributed by atoms with van der Waals surface area (Å²) in [5.41, 5.74) is -0.940. The van der Waals surface area contributed by atoms with E-state index in [1.54, 1.807) is 20.8 Å². The average Bonchev–Trinajstić information content (AvgIpc) is 2.85. The number of terminal acetylenes is 1. The molecular weight excluding hydrogens is 342 g/mol. The molecule has 1 aliphatic carbocycles. The Hall–Kier alpha value is -1.67. The van der Waals surface area contributed by atoms with Gasteiger partial charge >= 0.3 is 12.1 Å². The monoisotopic (exact) mass is 367 g/mol. The van der Waals surface area contributed by atoms with Gasteiger partial charge in [-0.25, -0.2) is 9.59 Å². The van der Waals surface area contributed by atoms with E-state index in [0.717, 1.165) is 19.3 Å². The van der Waals surface area contributed by atoms with Gasteiger partial charge in [-0.3, -0.25) is 4.90 Å². The normalized spacial score (nSPS) is 28.6. The van der Waals surface area contributed by atoms with Gasteiger partial charge in [-0.2, -0.15) is 0 Å². The topological polar surface area (TPSA) is 55.8 Å². The quantitative estimate of drug-likeness (QED) is 0.561. The summed E-state index contributed by atoms with van der Waals surface area (Å²) in [5, 5.41) is 0.695. The molecule has 2 aliphatic rings. The Bertz CT molecular complexity index is 616. The second-order valence-electron chi connectivity index (χ2n) is 7.76. The van der Waals surface area contributed by atoms with Crippen molar-refractivity contribution in [3.63, 3.8) is 0 Å². The molecule has 0 aromatic rings. The van der Waals surface area contributed by atoms with Crippen LogP contribution in [0, 0.1) is 17.8 Å². The summed E-state index contributed by atoms with van der Waals surface area (Å²) in [6.45, 7) is 5.39. The number of allylic oxidation sites excluding steroid dienone is 1. The highest BCUT2D eigenvalue weighted by Crippen LogP contribution is 2.52. The number of fused-ring (bicyclic) bond motifs is 1. The molecule has 0 unspecified atom stereocenters. The van der Waals surface area contributed by atoms with Gasteiger partial charge in [-0.15, -0.1) is 12.3 Å². The van der Waals surface area contributed by atoms with E-state index in [1.807, 2.05) is 6.08 Å². The molecular formula is C19H26ClNO4. The van der Waals surface area contributed by atoms with Crippen LogP contribution >= 0.6 is 11.6 Å². The number of hydrogen-bond donors (Lipinski definition) is 0. The molecule has 25 heavy (non-hydrogen) atoms. The van der Waals surface area contributed by atoms with Gasteiger partial charge < -0.3 is 9.47 Å². The first-order valence-corrected chi connectivity index (χ1v) is 8.90. The molecule has 0 aromatic carbocycles. The average molecular weight is 368 g/mol. The number of halogens is 1. The Labute approximate surface area is 154 Å². The highest BCUT2D eigenvalue weighted by Gasteiger charge is 2.57. The summed E-state index contributed by atoms with van der Waals surface area (Å²) in [6.07, 6.45) is 10.1. The third-order valence-corrected chi connectivity index (χ3v) is 5.22. The summed E-state index contributed by atoms with van der Waals surface area (Å²) in [4.78, 5) is 26.7. The third kappa shape index (κ3) is 4.12. The van der Waals surface area contributed by atoms with Gasteiger partial charge in [0.2, 0.25) is 0 Å². The summed E-state index contributed by atoms with van der Waals surface area (Å²) in [5.74, 6) is 2.23. The maximum atomic E-state index is 12.9. The first kappa shape index (κ1) is 19.7. The molecule has 1 fully saturated rings. The van der Waals surface area contributed by atoms with Crippen LogP contribution in [0.1, 0.15) is 52.9 Å². The maximum Gasteiger partial charge on any atom is 0.411 e. The van der Waals surface area contributed by atoms with Gasteiger partial charge in [-0.1, -0.05) is 11.6 Å². The van der Waals surface area contributed by atoms with E-state index < -0.39 is 23.7 Å². The number of nitrogens with zero attached hydrogens (tertiary/aromatic N) is 1. The Kier molecular flexibility index (Phi) is 5.73. The standard InChI is InChI=1S/C19H26ClNO4/c1-6-7-9-19-10-8-13(20)11-15(19)21(14(12-19)16(22)24-5)17(23)25-18(2,3)4/h1,11,14-15H,7-10,12H2,2-5H3/t14-,15-,19-/m0/s1. The van der Waals surface area contributed by atoms with Gasteiger partial charge in [0, 0.05) is 11.5 Å². The minimum absolute atomic E-state index is 0.277. The van der Waals surface area contributed by atoms with Crippen molar-refractivity contribution in [1.29, 1.82) is 0 Å². The van der Waals surface area contributed by atoms with Crippen molar-refractivity contribution >= 4 is 23.7 Å². The molecule has 1 aliphatic heterocycles. The van der Waals surface area contributed by atoms with E-state index in [1.165, 1.54) is 12.0 Å². The van der Waals surface area contributed by atoms with Crippen molar-refractivity contribution in [3.05, 3.63) is 11.1 Å². The predicted molar refractivity (Wildman–Crippen MR) is 96.0 cm³/mol. The lowest BCUT2D eigenvalue weighted by Crippen LogP contribution is -2.49. The van der Waals surface area contributed by atoms with Gasteiger partial charge in [0.1, 0.15) is 11.6 Å². The molecule has 0 radical (unpaired) electrons. The highest BCUT2D eigenvalue weighted by molar-refractivity contribution is 6.29. The molecule has 0 N–H and O–H groups in total. The second-order valence-corrected chi connectivity index (χ2v) is 8.24. The van der Waals surface area contributed by atoms with Crippen molar-refractivity contribution < 1.29 is 19.1 Å². The van der Waals surface area contributed by atoms with Crippen LogP contribution in [-0.2, 0) is 14.3 Å². The molecule has 0 aromatic heterocycles. The molecule has 5 nitrogen and oxygen atoms in total. The highest BCUT2D eigenvalue weighted by atomic mass is 35.5. The Morgan fingerprint density at radius 1 is 1.48 bits per heavy atom. The first-order valence-electron chi connectivity index (χ1n) is 8.52. The van der Waals surface area contributed by atoms with Crippen molar-refractivity contribution in [2.45, 2.75) is 70.6 Å². The lowest BCUT2D eigenvalue weighted by molar-refractivity contribution is -0.146. The van der Waals surface area contributed by atoms with Gasteiger partial charge in [0.25, 0.3) is 0 Å². The lowest BCUT2D eigenvalue weighted by atomic mass is 9.70. The molecule has 0 bridgehead atoms. The third-order valence-electron chi connectivity index (χ3n) is 4.91. The number of rotatable bonds is 3. The number of carbonyl (C=O) groups is 2. The number of ether oxygens (including phenoxy) is 2. The largest absolute Gasteiger partial charge is 0.467 e. The summed E-state index contributed by atoms with van der Waals surface area (Å²) >= 11 is 6.27. The fourth-order valence-electron chi connectivity index (χ4n) is 3.81. The second kappa shape index (κ2) is 7.29. The summed E-state index contributed by atoms with van der Waals surface area (Å²) < 4.78 is 10.5. The maximum absolute atomic E-state index is 12.9. The molecule has 0 spiro atoms. The molecule has 3 atom stereocenters. The van der Waals surface area contributed by atoms with Crippen molar-refractivity contribution in [2.75, 3.05) is 7.11 Å². The molecule has 2 rings (SSSR count). The van der Waals surface area contributed by atoms with Gasteiger partial charge in [0.05, 0.1) is 13.2 Å². The van der Waals surface area contributed by atoms with Gasteiger partial charge in [-0.05, 0) is 57.9 Å². The van der Waals surface area contributed by atoms with E-state index in [2.05, 4.69) is 5.92 Å². The smallest absolute Gasteiger partial charge is 0.411 e. The summed E-state index contributed by atoms with van der Waals surface area (Å²) in [7, 11) is 1.33. The van der Waals surface area contributed by atoms with Crippen LogP contribution in [0.2, 0.25) is 0 Å². The van der Waals surface area contributed by atoms with Crippen LogP contribution in [0.4, 0.5) is 4.79 Å². The minimum Gasteiger partial charge on any atom is -0.467 e. The Morgan fingerprint density at radius 2 is 2.16 bits per heavy atom. The zero-order valence-electron chi connectivity index (χ0n) is 15.3. The number of amides is 1. The van der Waals surface area contributed by atoms with Crippen LogP contribution < -0.4 is 0 Å². The first-order chi connectivity index (χ1) is 11.6. The number of hydrogen-bond acceptors (Lipinski definition) is 4. The zero-order valence-corrected chi connectivity index (χ0v) is 16.1. The Balaban J connectivity index is 2.43. The predicted octanol–water partition coefficient (Wildman–Crippen LogP) is 3.85. The van der Waals surface area contributed by atoms with Crippen LogP contribution in [-0.4, -0.2) is 41.8 Å². The van der Waals surface area contributed by atoms with Crippen LogP contribution in [0.5, 0.6) is 0 Å². The van der Waals surface area contributed by atoms with Crippen molar-refractivity contribution in [3.8, 4) is 12.3 Å². The van der Waals surface area contributed by atoms with Crippen molar-refractivity contribution in [1.82, 2.24) is 4.90 Å². The molecule has 6 heteroatoms. The SMILES string of the molecule is C#CCC[C@@]12CCC(Cl)=C[C@@H]1N(C(=O)OC(C)(C)C)[C@H](C(=O)OC)C2. The van der Waals surface area contributed by atoms with E-state index in [4.69, 9.17) is 27.5 Å². The Morgan fingerprint density at radius 3 is 2.72 bits per heavy atom. The molecule has 138 valence electrons. The van der Waals surface area contributed by atoms with Crippen molar-refractivity contribution in [2.24, 2.45) is 5.41 Å². The molecule has 0 saturated carbocycles. The van der Waals surface area contributed by atoms with E-state index in [0.29, 0.717) is 17.9 Å². The zero-order chi connectivity index (χ0) is 18.8. The van der Waals surface area contributed by atoms with Gasteiger partial charge in [0.15, 0.2) is 0 Å². The number of likely N-dealkylation sites (tertiary alicyclic amines) is 1. The lowest BCUT2D eigenvalue weighted by Gasteiger charge is -2.39. The molecule has 1 amide bonds. The minimum atomic E-state index is -0.693. The van der Waals surface area contributed by atoms with E-state index in [-0.39, 0.29) is 11.5 Å². The number of esters is 1. The van der Waals surface area contributed by atoms with Crippen LogP contribution in [0.15, 0.2) is 11.1 Å².